The Kier molecular flexibility index (Phi) is 3.35. The molecule has 1 fully saturated rings. The van der Waals surface area contributed by atoms with E-state index >= 15 is 0 Å². The van der Waals surface area contributed by atoms with Gasteiger partial charge in [-0.05, 0) is 19.4 Å². The van der Waals surface area contributed by atoms with E-state index < -0.39 is 28.7 Å². The van der Waals surface area contributed by atoms with Gasteiger partial charge in [0, 0.05) is 17.0 Å². The van der Waals surface area contributed by atoms with Crippen LogP contribution in [-0.4, -0.2) is 22.8 Å². The van der Waals surface area contributed by atoms with Crippen LogP contribution in [0, 0.1) is 17.8 Å². The zero-order valence-electron chi connectivity index (χ0n) is 14.5. The minimum absolute atomic E-state index is 0.236. The summed E-state index contributed by atoms with van der Waals surface area (Å²) in [5.74, 6) is -2.85. The Morgan fingerprint density at radius 3 is 2.38 bits per heavy atom. The van der Waals surface area contributed by atoms with Crippen LogP contribution in [0.5, 0.6) is 5.75 Å². The molecule has 2 aliphatic rings. The maximum atomic E-state index is 13.4. The number of carbonyl (C=O) groups is 3. The topological polar surface area (TPSA) is 80.7 Å². The number of carbonyl (C=O) groups excluding carboxylic acids is 2. The first kappa shape index (κ1) is 16.5. The molecular weight excluding hydrogens is 332 g/mol. The number of hydrogen-bond acceptors (Lipinski definition) is 4. The summed E-state index contributed by atoms with van der Waals surface area (Å²) in [6, 6.07) is 13.8. The molecule has 3 atom stereocenters. The molecule has 5 heteroatoms. The van der Waals surface area contributed by atoms with Crippen LogP contribution in [-0.2, 0) is 9.59 Å². The van der Waals surface area contributed by atoms with E-state index in [1.165, 1.54) is 0 Å². The van der Waals surface area contributed by atoms with Gasteiger partial charge in [0.1, 0.15) is 5.75 Å². The van der Waals surface area contributed by atoms with Gasteiger partial charge in [0.05, 0.1) is 5.41 Å². The molecule has 2 aromatic rings. The number of ether oxygens (including phenoxy) is 1. The summed E-state index contributed by atoms with van der Waals surface area (Å²) < 4.78 is 5.34. The lowest BCUT2D eigenvalue weighted by molar-refractivity contribution is -0.158. The van der Waals surface area contributed by atoms with Crippen molar-refractivity contribution in [3.05, 3.63) is 65.2 Å². The highest BCUT2D eigenvalue weighted by molar-refractivity contribution is 6.19. The third-order valence-electron chi connectivity index (χ3n) is 5.91. The number of rotatable bonds is 4. The standard InChI is InChI=1S/C21H18O5/c1-3-20(17(22)13-10-8-12(2)9-11-13)16-14-6-4-5-7-15(14)26-19(25)21(16,20)18(23)24/h4-11,16H,3H2,1-2H3,(H,23,24)/t16-,20+,21-/m0/s1. The van der Waals surface area contributed by atoms with Crippen LogP contribution in [0.15, 0.2) is 48.5 Å². The summed E-state index contributed by atoms with van der Waals surface area (Å²) >= 11 is 0. The van der Waals surface area contributed by atoms with Crippen molar-refractivity contribution in [1.82, 2.24) is 0 Å². The molecule has 0 radical (unpaired) electrons. The molecule has 0 aromatic heterocycles. The van der Waals surface area contributed by atoms with E-state index in [2.05, 4.69) is 0 Å². The van der Waals surface area contributed by atoms with E-state index in [1.807, 2.05) is 19.1 Å². The van der Waals surface area contributed by atoms with Gasteiger partial charge in [0.15, 0.2) is 11.2 Å². The quantitative estimate of drug-likeness (QED) is 0.396. The molecule has 1 N–H and O–H groups in total. The number of carboxylic acid groups (broad SMARTS) is 1. The van der Waals surface area contributed by atoms with Crippen molar-refractivity contribution in [3.63, 3.8) is 0 Å². The summed E-state index contributed by atoms with van der Waals surface area (Å²) in [7, 11) is 0. The van der Waals surface area contributed by atoms with E-state index in [0.29, 0.717) is 16.9 Å². The van der Waals surface area contributed by atoms with Crippen molar-refractivity contribution >= 4 is 17.7 Å². The van der Waals surface area contributed by atoms with Crippen molar-refractivity contribution in [2.45, 2.75) is 26.2 Å². The van der Waals surface area contributed by atoms with Crippen molar-refractivity contribution < 1.29 is 24.2 Å². The molecule has 4 rings (SSSR count). The van der Waals surface area contributed by atoms with Crippen molar-refractivity contribution in [1.29, 1.82) is 0 Å². The van der Waals surface area contributed by atoms with Crippen LogP contribution in [0.3, 0.4) is 0 Å². The number of benzene rings is 2. The van der Waals surface area contributed by atoms with Crippen LogP contribution in [0.2, 0.25) is 0 Å². The predicted octanol–water partition coefficient (Wildman–Crippen LogP) is 3.36. The second-order valence-electron chi connectivity index (χ2n) is 6.99. The maximum Gasteiger partial charge on any atom is 0.330 e. The van der Waals surface area contributed by atoms with Crippen LogP contribution in [0.25, 0.3) is 0 Å². The van der Waals surface area contributed by atoms with Gasteiger partial charge in [-0.2, -0.15) is 0 Å². The van der Waals surface area contributed by atoms with Gasteiger partial charge in [-0.1, -0.05) is 55.0 Å². The second kappa shape index (κ2) is 5.27. The van der Waals surface area contributed by atoms with E-state index in [0.717, 1.165) is 5.56 Å². The first-order valence-electron chi connectivity index (χ1n) is 8.57. The van der Waals surface area contributed by atoms with Crippen LogP contribution in [0.4, 0.5) is 0 Å². The number of ketones is 1. The second-order valence-corrected chi connectivity index (χ2v) is 6.99. The number of Topliss-reactive ketones (excluding diaryl/α,β-unsaturated/α-hetero) is 1. The van der Waals surface area contributed by atoms with E-state index in [1.54, 1.807) is 43.3 Å². The van der Waals surface area contributed by atoms with Crippen LogP contribution < -0.4 is 4.74 Å². The molecule has 26 heavy (non-hydrogen) atoms. The van der Waals surface area contributed by atoms with E-state index in [9.17, 15) is 19.5 Å². The zero-order valence-corrected chi connectivity index (χ0v) is 14.5. The van der Waals surface area contributed by atoms with Gasteiger partial charge in [-0.25, -0.2) is 0 Å². The lowest BCUT2D eigenvalue weighted by atomic mass is 9.83. The average molecular weight is 350 g/mol. The highest BCUT2D eigenvalue weighted by Crippen LogP contribution is 2.79. The Labute approximate surface area is 150 Å². The van der Waals surface area contributed by atoms with Gasteiger partial charge < -0.3 is 9.84 Å². The smallest absolute Gasteiger partial charge is 0.330 e. The highest BCUT2D eigenvalue weighted by Gasteiger charge is 2.89. The van der Waals surface area contributed by atoms with Gasteiger partial charge in [0.25, 0.3) is 0 Å². The molecule has 0 unspecified atom stereocenters. The van der Waals surface area contributed by atoms with Gasteiger partial charge in [-0.3, -0.25) is 14.4 Å². The normalized spacial score (nSPS) is 28.5. The molecule has 132 valence electrons. The third kappa shape index (κ3) is 1.72. The molecular formula is C21H18O5. The molecule has 5 nitrogen and oxygen atoms in total. The van der Waals surface area contributed by atoms with Crippen molar-refractivity contribution in [2.24, 2.45) is 10.8 Å². The van der Waals surface area contributed by atoms with Crippen LogP contribution >= 0.6 is 0 Å². The molecule has 1 aliphatic carbocycles. The summed E-state index contributed by atoms with van der Waals surface area (Å²) in [4.78, 5) is 38.5. The minimum Gasteiger partial charge on any atom is -0.480 e. The molecule has 0 spiro atoms. The highest BCUT2D eigenvalue weighted by atomic mass is 16.5. The fourth-order valence-electron chi connectivity index (χ4n) is 4.64. The van der Waals surface area contributed by atoms with E-state index in [4.69, 9.17) is 4.74 Å². The Bertz CT molecular complexity index is 945. The molecule has 2 aromatic carbocycles. The fourth-order valence-corrected chi connectivity index (χ4v) is 4.64. The van der Waals surface area contributed by atoms with Gasteiger partial charge >= 0.3 is 11.9 Å². The minimum atomic E-state index is -1.86. The summed E-state index contributed by atoms with van der Waals surface area (Å²) in [5.41, 5.74) is -1.18. The fraction of sp³-hybridized carbons (Fsp3) is 0.286. The maximum absolute atomic E-state index is 13.4. The Hall–Kier alpha value is -2.95. The number of para-hydroxylation sites is 1. The molecule has 0 bridgehead atoms. The monoisotopic (exact) mass is 350 g/mol. The number of fused-ring (bicyclic) bond motifs is 3. The molecule has 1 saturated carbocycles. The predicted molar refractivity (Wildman–Crippen MR) is 93.1 cm³/mol. The Morgan fingerprint density at radius 2 is 1.77 bits per heavy atom. The average Bonchev–Trinajstić information content (AvgIpc) is 3.29. The number of carboxylic acids is 1. The summed E-state index contributed by atoms with van der Waals surface area (Å²) in [6.45, 7) is 3.66. The summed E-state index contributed by atoms with van der Waals surface area (Å²) in [6.07, 6.45) is 0.236. The van der Waals surface area contributed by atoms with Gasteiger partial charge in [-0.15, -0.1) is 0 Å². The lowest BCUT2D eigenvalue weighted by Crippen LogP contribution is -2.39. The largest absolute Gasteiger partial charge is 0.480 e. The zero-order chi connectivity index (χ0) is 18.7. The SMILES string of the molecule is CC[C@]1(C(=O)c2ccc(C)cc2)[C@@H]2c3ccccc3OC(=O)[C@@]21C(=O)O. The summed E-state index contributed by atoms with van der Waals surface area (Å²) in [5, 5.41) is 9.99. The van der Waals surface area contributed by atoms with Crippen LogP contribution in [0.1, 0.15) is 40.7 Å². The first-order valence-corrected chi connectivity index (χ1v) is 8.57. The number of esters is 1. The number of aliphatic carboxylic acids is 1. The number of aryl methyl sites for hydroxylation is 1. The Balaban J connectivity index is 1.93. The molecule has 1 aliphatic heterocycles. The van der Waals surface area contributed by atoms with E-state index in [-0.39, 0.29) is 12.2 Å². The molecule has 0 amide bonds. The van der Waals surface area contributed by atoms with Crippen molar-refractivity contribution in [3.8, 4) is 5.75 Å². The van der Waals surface area contributed by atoms with Crippen molar-refractivity contribution in [2.75, 3.05) is 0 Å². The Morgan fingerprint density at radius 1 is 1.12 bits per heavy atom. The number of hydrogen-bond donors (Lipinski definition) is 1. The van der Waals surface area contributed by atoms with Gasteiger partial charge in [0.2, 0.25) is 0 Å². The molecule has 1 heterocycles. The third-order valence-corrected chi connectivity index (χ3v) is 5.91. The molecule has 0 saturated heterocycles. The lowest BCUT2D eigenvalue weighted by Gasteiger charge is -2.20. The first-order chi connectivity index (χ1) is 12.4.